The SMILES string of the molecule is Cc1c(C(=O)Cc2cccc(C(F)(F)F)c2)cc(-c2cccnc2)n1CCCN1CCOCC1. The summed E-state index contributed by atoms with van der Waals surface area (Å²) in [5, 5.41) is 0. The number of carbonyl (C=O) groups excluding carboxylic acids is 1. The molecule has 1 fully saturated rings. The summed E-state index contributed by atoms with van der Waals surface area (Å²) >= 11 is 0. The molecule has 0 atom stereocenters. The molecule has 0 N–H and O–H groups in total. The first-order valence-corrected chi connectivity index (χ1v) is 11.4. The van der Waals surface area contributed by atoms with Gasteiger partial charge in [0.1, 0.15) is 0 Å². The molecule has 8 heteroatoms. The van der Waals surface area contributed by atoms with Gasteiger partial charge in [0.05, 0.1) is 24.5 Å². The van der Waals surface area contributed by atoms with E-state index in [2.05, 4.69) is 14.5 Å². The van der Waals surface area contributed by atoms with Crippen LogP contribution in [0.2, 0.25) is 0 Å². The lowest BCUT2D eigenvalue weighted by Gasteiger charge is -2.26. The lowest BCUT2D eigenvalue weighted by Crippen LogP contribution is -2.37. The van der Waals surface area contributed by atoms with Crippen LogP contribution in [0.5, 0.6) is 0 Å². The van der Waals surface area contributed by atoms with E-state index in [0.717, 1.165) is 74.9 Å². The number of aromatic nitrogens is 2. The van der Waals surface area contributed by atoms with E-state index in [1.165, 1.54) is 6.07 Å². The maximum Gasteiger partial charge on any atom is 0.416 e. The molecule has 2 aromatic heterocycles. The van der Waals surface area contributed by atoms with Gasteiger partial charge in [-0.2, -0.15) is 13.2 Å². The number of ether oxygens (including phenoxy) is 1. The van der Waals surface area contributed by atoms with E-state index in [-0.39, 0.29) is 12.2 Å². The summed E-state index contributed by atoms with van der Waals surface area (Å²) in [6.07, 6.45) is -0.165. The highest BCUT2D eigenvalue weighted by molar-refractivity contribution is 6.00. The van der Waals surface area contributed by atoms with Gasteiger partial charge in [0, 0.05) is 61.8 Å². The standard InChI is InChI=1S/C26H28F3N3O2/c1-19-23(25(33)16-20-5-2-7-22(15-20)26(27,28)29)17-24(21-6-3-8-30-18-21)32(19)10-4-9-31-11-13-34-14-12-31/h2-3,5-8,15,17-18H,4,9-14,16H2,1H3. The zero-order valence-corrected chi connectivity index (χ0v) is 19.1. The number of alkyl halides is 3. The molecule has 5 nitrogen and oxygen atoms in total. The number of ketones is 1. The summed E-state index contributed by atoms with van der Waals surface area (Å²) in [6, 6.07) is 10.6. The van der Waals surface area contributed by atoms with Crippen molar-refractivity contribution in [2.24, 2.45) is 0 Å². The molecule has 4 rings (SSSR count). The smallest absolute Gasteiger partial charge is 0.379 e. The first kappa shape index (κ1) is 24.2. The Bertz CT molecular complexity index is 1120. The molecule has 1 aliphatic rings. The fourth-order valence-corrected chi connectivity index (χ4v) is 4.38. The van der Waals surface area contributed by atoms with Crippen LogP contribution in [0.4, 0.5) is 13.2 Å². The Balaban J connectivity index is 1.56. The predicted octanol–water partition coefficient (Wildman–Crippen LogP) is 5.03. The van der Waals surface area contributed by atoms with E-state index in [1.54, 1.807) is 18.5 Å². The van der Waals surface area contributed by atoms with Crippen LogP contribution in [0.3, 0.4) is 0 Å². The molecule has 0 radical (unpaired) electrons. The normalized spacial score (nSPS) is 14.9. The first-order chi connectivity index (χ1) is 16.3. The highest BCUT2D eigenvalue weighted by atomic mass is 19.4. The van der Waals surface area contributed by atoms with Gasteiger partial charge in [-0.15, -0.1) is 0 Å². The Morgan fingerprint density at radius 1 is 1.09 bits per heavy atom. The topological polar surface area (TPSA) is 47.4 Å². The summed E-state index contributed by atoms with van der Waals surface area (Å²) in [4.78, 5) is 19.8. The number of benzene rings is 1. The van der Waals surface area contributed by atoms with Gasteiger partial charge in [0.25, 0.3) is 0 Å². The average Bonchev–Trinajstić information content (AvgIpc) is 3.16. The van der Waals surface area contributed by atoms with E-state index in [0.29, 0.717) is 11.1 Å². The van der Waals surface area contributed by atoms with Crippen molar-refractivity contribution < 1.29 is 22.7 Å². The third-order valence-corrected chi connectivity index (χ3v) is 6.20. The third kappa shape index (κ3) is 5.74. The first-order valence-electron chi connectivity index (χ1n) is 11.4. The molecule has 0 saturated carbocycles. The van der Waals surface area contributed by atoms with Crippen molar-refractivity contribution in [2.45, 2.75) is 32.5 Å². The lowest BCUT2D eigenvalue weighted by molar-refractivity contribution is -0.137. The minimum Gasteiger partial charge on any atom is -0.379 e. The molecule has 1 aliphatic heterocycles. The minimum absolute atomic E-state index is 0.0883. The number of hydrogen-bond donors (Lipinski definition) is 0. The van der Waals surface area contributed by atoms with Crippen molar-refractivity contribution in [3.05, 3.63) is 77.2 Å². The van der Waals surface area contributed by atoms with Crippen molar-refractivity contribution in [2.75, 3.05) is 32.8 Å². The van der Waals surface area contributed by atoms with Gasteiger partial charge in [-0.3, -0.25) is 14.7 Å². The van der Waals surface area contributed by atoms with E-state index in [4.69, 9.17) is 4.74 Å². The Morgan fingerprint density at radius 3 is 2.59 bits per heavy atom. The molecule has 3 aromatic rings. The zero-order chi connectivity index (χ0) is 24.1. The fraction of sp³-hybridized carbons (Fsp3) is 0.385. The van der Waals surface area contributed by atoms with Gasteiger partial charge in [-0.05, 0) is 43.2 Å². The van der Waals surface area contributed by atoms with Gasteiger partial charge in [-0.1, -0.05) is 18.2 Å². The minimum atomic E-state index is -4.44. The number of carbonyl (C=O) groups is 1. The summed E-state index contributed by atoms with van der Waals surface area (Å²) in [7, 11) is 0. The second-order valence-corrected chi connectivity index (χ2v) is 8.53. The van der Waals surface area contributed by atoms with Crippen LogP contribution in [0.25, 0.3) is 11.3 Å². The number of rotatable bonds is 8. The van der Waals surface area contributed by atoms with Crippen LogP contribution >= 0.6 is 0 Å². The summed E-state index contributed by atoms with van der Waals surface area (Å²) < 4.78 is 46.8. The van der Waals surface area contributed by atoms with Gasteiger partial charge >= 0.3 is 6.18 Å². The Morgan fingerprint density at radius 2 is 1.88 bits per heavy atom. The second-order valence-electron chi connectivity index (χ2n) is 8.53. The number of nitrogens with zero attached hydrogens (tertiary/aromatic N) is 3. The highest BCUT2D eigenvalue weighted by Crippen LogP contribution is 2.31. The van der Waals surface area contributed by atoms with E-state index in [1.807, 2.05) is 25.1 Å². The molecule has 3 heterocycles. The number of Topliss-reactive ketones (excluding diaryl/α,β-unsaturated/α-hetero) is 1. The van der Waals surface area contributed by atoms with Gasteiger partial charge in [-0.25, -0.2) is 0 Å². The van der Waals surface area contributed by atoms with Crippen LogP contribution in [0, 0.1) is 6.92 Å². The summed E-state index contributed by atoms with van der Waals surface area (Å²) in [5.74, 6) is -0.200. The van der Waals surface area contributed by atoms with Crippen molar-refractivity contribution in [1.29, 1.82) is 0 Å². The van der Waals surface area contributed by atoms with Crippen molar-refractivity contribution in [1.82, 2.24) is 14.5 Å². The van der Waals surface area contributed by atoms with E-state index in [9.17, 15) is 18.0 Å². The van der Waals surface area contributed by atoms with E-state index >= 15 is 0 Å². The average molecular weight is 472 g/mol. The van der Waals surface area contributed by atoms with Crippen molar-refractivity contribution in [3.8, 4) is 11.3 Å². The monoisotopic (exact) mass is 471 g/mol. The summed E-state index contributed by atoms with van der Waals surface area (Å²) in [5.41, 5.74) is 2.74. The number of pyridine rings is 1. The molecule has 0 bridgehead atoms. The molecule has 1 saturated heterocycles. The van der Waals surface area contributed by atoms with Crippen LogP contribution in [-0.4, -0.2) is 53.1 Å². The van der Waals surface area contributed by atoms with Crippen LogP contribution < -0.4 is 0 Å². The van der Waals surface area contributed by atoms with Crippen LogP contribution in [-0.2, 0) is 23.9 Å². The second kappa shape index (κ2) is 10.5. The number of halogens is 3. The fourth-order valence-electron chi connectivity index (χ4n) is 4.38. The zero-order valence-electron chi connectivity index (χ0n) is 19.1. The van der Waals surface area contributed by atoms with Crippen molar-refractivity contribution in [3.63, 3.8) is 0 Å². The quantitative estimate of drug-likeness (QED) is 0.433. The molecule has 180 valence electrons. The summed E-state index contributed by atoms with van der Waals surface area (Å²) in [6.45, 7) is 6.89. The van der Waals surface area contributed by atoms with Crippen LogP contribution in [0.1, 0.15) is 33.6 Å². The highest BCUT2D eigenvalue weighted by Gasteiger charge is 2.30. The Labute approximate surface area is 197 Å². The van der Waals surface area contributed by atoms with Crippen LogP contribution in [0.15, 0.2) is 54.9 Å². The number of hydrogen-bond acceptors (Lipinski definition) is 4. The molecule has 1 aromatic carbocycles. The molecular formula is C26H28F3N3O2. The molecule has 34 heavy (non-hydrogen) atoms. The maximum absolute atomic E-state index is 13.2. The molecular weight excluding hydrogens is 443 g/mol. The van der Waals surface area contributed by atoms with E-state index < -0.39 is 11.7 Å². The molecule has 0 spiro atoms. The Kier molecular flexibility index (Phi) is 7.48. The Hall–Kier alpha value is -2.97. The van der Waals surface area contributed by atoms with Gasteiger partial charge < -0.3 is 9.30 Å². The van der Waals surface area contributed by atoms with Gasteiger partial charge in [0.15, 0.2) is 5.78 Å². The predicted molar refractivity (Wildman–Crippen MR) is 124 cm³/mol. The molecule has 0 aliphatic carbocycles. The number of morpholine rings is 1. The maximum atomic E-state index is 13.2. The molecule has 0 amide bonds. The lowest BCUT2D eigenvalue weighted by atomic mass is 10.0. The van der Waals surface area contributed by atoms with Crippen molar-refractivity contribution >= 4 is 5.78 Å². The third-order valence-electron chi connectivity index (χ3n) is 6.20. The largest absolute Gasteiger partial charge is 0.416 e. The molecule has 0 unspecified atom stereocenters. The van der Waals surface area contributed by atoms with Gasteiger partial charge in [0.2, 0.25) is 0 Å².